The highest BCUT2D eigenvalue weighted by atomic mass is 16.3. The zero-order valence-electron chi connectivity index (χ0n) is 13.2. The molecule has 0 unspecified atom stereocenters. The first-order chi connectivity index (χ1) is 11.1. The highest BCUT2D eigenvalue weighted by Crippen LogP contribution is 2.17. The number of hydrogen-bond donors (Lipinski definition) is 2. The van der Waals surface area contributed by atoms with Crippen molar-refractivity contribution >= 4 is 11.6 Å². The van der Waals surface area contributed by atoms with Crippen LogP contribution in [0, 0.1) is 11.3 Å². The molecule has 5 nitrogen and oxygen atoms in total. The summed E-state index contributed by atoms with van der Waals surface area (Å²) in [6.45, 7) is 4.49. The zero-order valence-corrected chi connectivity index (χ0v) is 13.2. The molecule has 0 saturated heterocycles. The Morgan fingerprint density at radius 3 is 2.61 bits per heavy atom. The number of anilines is 1. The van der Waals surface area contributed by atoms with Crippen molar-refractivity contribution in [2.24, 2.45) is 0 Å². The van der Waals surface area contributed by atoms with E-state index in [-0.39, 0.29) is 12.1 Å². The van der Waals surface area contributed by atoms with Gasteiger partial charge in [0.05, 0.1) is 12.8 Å². The van der Waals surface area contributed by atoms with Gasteiger partial charge in [-0.25, -0.2) is 0 Å². The minimum atomic E-state index is -0.449. The Morgan fingerprint density at radius 1 is 1.30 bits per heavy atom. The Balaban J connectivity index is 1.95. The van der Waals surface area contributed by atoms with Crippen LogP contribution in [0.1, 0.15) is 31.1 Å². The maximum atomic E-state index is 12.0. The Kier molecular flexibility index (Phi) is 5.59. The highest BCUT2D eigenvalue weighted by Gasteiger charge is 2.09. The molecule has 0 spiro atoms. The van der Waals surface area contributed by atoms with Gasteiger partial charge in [-0.15, -0.1) is 0 Å². The molecule has 0 aliphatic rings. The predicted molar refractivity (Wildman–Crippen MR) is 88.4 cm³/mol. The summed E-state index contributed by atoms with van der Waals surface area (Å²) in [6, 6.07) is 13.3. The number of amides is 1. The smallest absolute Gasteiger partial charge is 0.263 e. The molecule has 1 aromatic heterocycles. The quantitative estimate of drug-likeness (QED) is 0.632. The first kappa shape index (κ1) is 16.4. The molecule has 0 aliphatic heterocycles. The summed E-state index contributed by atoms with van der Waals surface area (Å²) in [6.07, 6.45) is 2.94. The molecule has 0 atom stereocenters. The van der Waals surface area contributed by atoms with Crippen molar-refractivity contribution < 1.29 is 9.21 Å². The molecule has 1 amide bonds. The van der Waals surface area contributed by atoms with Crippen LogP contribution in [0.15, 0.2) is 58.9 Å². The van der Waals surface area contributed by atoms with Crippen LogP contribution in [0.2, 0.25) is 0 Å². The van der Waals surface area contributed by atoms with Crippen LogP contribution in [0.3, 0.4) is 0 Å². The second-order valence-electron chi connectivity index (χ2n) is 5.35. The van der Waals surface area contributed by atoms with Crippen LogP contribution in [-0.4, -0.2) is 5.91 Å². The van der Waals surface area contributed by atoms with Crippen molar-refractivity contribution in [3.8, 4) is 6.07 Å². The van der Waals surface area contributed by atoms with Gasteiger partial charge in [0.15, 0.2) is 0 Å². The lowest BCUT2D eigenvalue weighted by Crippen LogP contribution is -2.24. The summed E-state index contributed by atoms with van der Waals surface area (Å²) in [7, 11) is 0. The first-order valence-electron chi connectivity index (χ1n) is 7.37. The molecular weight excluding hydrogens is 290 g/mol. The molecule has 0 saturated carbocycles. The Morgan fingerprint density at radius 2 is 2.04 bits per heavy atom. The molecule has 5 heteroatoms. The molecule has 1 heterocycles. The van der Waals surface area contributed by atoms with Crippen LogP contribution in [0.5, 0.6) is 0 Å². The summed E-state index contributed by atoms with van der Waals surface area (Å²) in [5.41, 5.74) is 2.06. The minimum absolute atomic E-state index is 0.00416. The van der Waals surface area contributed by atoms with E-state index in [0.29, 0.717) is 11.7 Å². The van der Waals surface area contributed by atoms with Crippen molar-refractivity contribution in [3.63, 3.8) is 0 Å². The fraction of sp³-hybridized carbons (Fsp3) is 0.222. The number of nitriles is 1. The third-order valence-electron chi connectivity index (χ3n) is 3.33. The van der Waals surface area contributed by atoms with Crippen LogP contribution in [-0.2, 0) is 11.3 Å². The maximum absolute atomic E-state index is 12.0. The first-order valence-corrected chi connectivity index (χ1v) is 7.37. The lowest BCUT2D eigenvalue weighted by atomic mass is 10.0. The number of nitrogens with zero attached hydrogens (tertiary/aromatic N) is 1. The third kappa shape index (κ3) is 4.75. The monoisotopic (exact) mass is 309 g/mol. The second kappa shape index (κ2) is 7.85. The van der Waals surface area contributed by atoms with Gasteiger partial charge in [-0.3, -0.25) is 4.79 Å². The molecule has 2 rings (SSSR count). The summed E-state index contributed by atoms with van der Waals surface area (Å²) in [5.74, 6) is 0.643. The molecule has 0 fully saturated rings. The zero-order chi connectivity index (χ0) is 16.7. The number of rotatable bonds is 6. The normalized spacial score (nSPS) is 11.1. The van der Waals surface area contributed by atoms with Crippen molar-refractivity contribution in [1.29, 1.82) is 5.26 Å². The summed E-state index contributed by atoms with van der Waals surface area (Å²) < 4.78 is 5.12. The fourth-order valence-electron chi connectivity index (χ4n) is 1.94. The van der Waals surface area contributed by atoms with Gasteiger partial charge in [0.25, 0.3) is 5.91 Å². The lowest BCUT2D eigenvalue weighted by molar-refractivity contribution is -0.117. The van der Waals surface area contributed by atoms with Gasteiger partial charge in [-0.1, -0.05) is 26.0 Å². The van der Waals surface area contributed by atoms with E-state index >= 15 is 0 Å². The largest absolute Gasteiger partial charge is 0.467 e. The Hall–Kier alpha value is -3.00. The predicted octanol–water partition coefficient (Wildman–Crippen LogP) is 3.54. The van der Waals surface area contributed by atoms with E-state index in [4.69, 9.17) is 9.68 Å². The number of furan rings is 1. The Bertz CT molecular complexity index is 708. The molecule has 0 aliphatic carbocycles. The molecule has 118 valence electrons. The molecule has 2 N–H and O–H groups in total. The molecule has 1 aromatic carbocycles. The standard InChI is InChI=1S/C18H19N3O2/c1-13(2)14-5-7-16(8-6-14)20-11-15(10-19)18(22)21-12-17-4-3-9-23-17/h3-9,11,13,20H,12H2,1-2H3,(H,21,22)/b15-11-. The van der Waals surface area contributed by atoms with Crippen molar-refractivity contribution in [3.05, 3.63) is 65.8 Å². The van der Waals surface area contributed by atoms with Gasteiger partial charge in [0.2, 0.25) is 0 Å². The topological polar surface area (TPSA) is 78.1 Å². The Labute approximate surface area is 135 Å². The van der Waals surface area contributed by atoms with E-state index < -0.39 is 5.91 Å². The molecule has 23 heavy (non-hydrogen) atoms. The van der Waals surface area contributed by atoms with E-state index in [9.17, 15) is 4.79 Å². The average Bonchev–Trinajstić information content (AvgIpc) is 3.07. The number of hydrogen-bond acceptors (Lipinski definition) is 4. The summed E-state index contributed by atoms with van der Waals surface area (Å²) in [5, 5.41) is 14.7. The average molecular weight is 309 g/mol. The minimum Gasteiger partial charge on any atom is -0.467 e. The summed E-state index contributed by atoms with van der Waals surface area (Å²) in [4.78, 5) is 12.0. The van der Waals surface area contributed by atoms with Crippen molar-refractivity contribution in [1.82, 2.24) is 5.32 Å². The van der Waals surface area contributed by atoms with Gasteiger partial charge in [0, 0.05) is 11.9 Å². The SMILES string of the molecule is CC(C)c1ccc(N/C=C(/C#N)C(=O)NCc2ccco2)cc1. The molecule has 0 radical (unpaired) electrons. The number of benzene rings is 1. The fourth-order valence-corrected chi connectivity index (χ4v) is 1.94. The van der Waals surface area contributed by atoms with E-state index in [0.717, 1.165) is 5.69 Å². The van der Waals surface area contributed by atoms with E-state index in [2.05, 4.69) is 24.5 Å². The van der Waals surface area contributed by atoms with Crippen LogP contribution >= 0.6 is 0 Å². The van der Waals surface area contributed by atoms with Gasteiger partial charge in [-0.05, 0) is 35.7 Å². The molecule has 0 bridgehead atoms. The van der Waals surface area contributed by atoms with Gasteiger partial charge >= 0.3 is 0 Å². The van der Waals surface area contributed by atoms with Crippen LogP contribution < -0.4 is 10.6 Å². The van der Waals surface area contributed by atoms with Gasteiger partial charge in [-0.2, -0.15) is 5.26 Å². The maximum Gasteiger partial charge on any atom is 0.263 e. The van der Waals surface area contributed by atoms with E-state index in [1.165, 1.54) is 18.0 Å². The van der Waals surface area contributed by atoms with Crippen molar-refractivity contribution in [2.45, 2.75) is 26.3 Å². The molecular formula is C18H19N3O2. The highest BCUT2D eigenvalue weighted by molar-refractivity contribution is 5.97. The number of carbonyl (C=O) groups is 1. The second-order valence-corrected chi connectivity index (χ2v) is 5.35. The van der Waals surface area contributed by atoms with Crippen LogP contribution in [0.4, 0.5) is 5.69 Å². The van der Waals surface area contributed by atoms with E-state index in [1.807, 2.05) is 30.3 Å². The summed E-state index contributed by atoms with van der Waals surface area (Å²) >= 11 is 0. The van der Waals surface area contributed by atoms with Crippen molar-refractivity contribution in [2.75, 3.05) is 5.32 Å². The van der Waals surface area contributed by atoms with E-state index in [1.54, 1.807) is 12.1 Å². The molecule has 2 aromatic rings. The number of carbonyl (C=O) groups excluding carboxylic acids is 1. The van der Waals surface area contributed by atoms with Gasteiger partial charge < -0.3 is 15.1 Å². The number of nitrogens with one attached hydrogen (secondary N) is 2. The van der Waals surface area contributed by atoms with Gasteiger partial charge in [0.1, 0.15) is 17.4 Å². The third-order valence-corrected chi connectivity index (χ3v) is 3.33. The van der Waals surface area contributed by atoms with Crippen LogP contribution in [0.25, 0.3) is 0 Å². The lowest BCUT2D eigenvalue weighted by Gasteiger charge is -2.07.